The number of nitrogens with zero attached hydrogens (tertiary/aromatic N) is 4. The molecule has 0 spiro atoms. The number of nitrogen functional groups attached to an aromatic ring is 1. The standard InChI is InChI=1S/C19H20N6O3S2/c1-3-9-21-17-22-23-18(30-17)29-11-13(26)14-15(20)25(19(28)24(2)16(14)27)10-12-7-5-4-6-8-12/h3-8H,1,9-11,20H2,2H3,(H,21,22). The number of carbonyl (C=O) groups excluding carboxylic acids is 1. The molecular weight excluding hydrogens is 424 g/mol. The van der Waals surface area contributed by atoms with Crippen molar-refractivity contribution in [2.45, 2.75) is 10.9 Å². The van der Waals surface area contributed by atoms with Gasteiger partial charge in [0.2, 0.25) is 5.13 Å². The molecule has 3 N–H and O–H groups in total. The van der Waals surface area contributed by atoms with Crippen LogP contribution in [0.25, 0.3) is 0 Å². The zero-order chi connectivity index (χ0) is 21.7. The Morgan fingerprint density at radius 3 is 2.73 bits per heavy atom. The monoisotopic (exact) mass is 444 g/mol. The molecule has 0 saturated heterocycles. The summed E-state index contributed by atoms with van der Waals surface area (Å²) in [5.74, 6) is -0.669. The minimum absolute atomic E-state index is 0.0565. The SMILES string of the molecule is C=CCNc1nnc(SCC(=O)c2c(N)n(Cc3ccccc3)c(=O)n(C)c2=O)s1. The quantitative estimate of drug-likeness (QED) is 0.290. The highest BCUT2D eigenvalue weighted by atomic mass is 32.2. The van der Waals surface area contributed by atoms with Gasteiger partial charge in [0.05, 0.1) is 12.3 Å². The third kappa shape index (κ3) is 4.69. The van der Waals surface area contributed by atoms with Crippen molar-refractivity contribution in [3.05, 3.63) is 75.0 Å². The number of aromatic nitrogens is 4. The van der Waals surface area contributed by atoms with E-state index in [1.165, 1.54) is 23.0 Å². The molecule has 0 radical (unpaired) electrons. The molecule has 9 nitrogen and oxygen atoms in total. The van der Waals surface area contributed by atoms with Gasteiger partial charge in [-0.2, -0.15) is 0 Å². The number of anilines is 2. The third-order valence-electron chi connectivity index (χ3n) is 4.18. The normalized spacial score (nSPS) is 10.7. The number of hydrogen-bond donors (Lipinski definition) is 2. The fourth-order valence-corrected chi connectivity index (χ4v) is 4.29. The lowest BCUT2D eigenvalue weighted by Crippen LogP contribution is -2.43. The van der Waals surface area contributed by atoms with E-state index < -0.39 is 17.0 Å². The van der Waals surface area contributed by atoms with Crippen LogP contribution < -0.4 is 22.3 Å². The van der Waals surface area contributed by atoms with Gasteiger partial charge in [0.15, 0.2) is 10.1 Å². The van der Waals surface area contributed by atoms with Crippen LogP contribution in [0.1, 0.15) is 15.9 Å². The second kappa shape index (κ2) is 9.55. The van der Waals surface area contributed by atoms with Crippen LogP contribution in [-0.4, -0.2) is 37.4 Å². The highest BCUT2D eigenvalue weighted by molar-refractivity contribution is 8.01. The number of nitrogens with two attached hydrogens (primary N) is 1. The van der Waals surface area contributed by atoms with E-state index in [0.717, 1.165) is 21.9 Å². The first-order valence-corrected chi connectivity index (χ1v) is 10.7. The van der Waals surface area contributed by atoms with Crippen molar-refractivity contribution in [3.8, 4) is 0 Å². The van der Waals surface area contributed by atoms with Gasteiger partial charge in [0.25, 0.3) is 5.56 Å². The van der Waals surface area contributed by atoms with Crippen LogP contribution in [-0.2, 0) is 13.6 Å². The highest BCUT2D eigenvalue weighted by Crippen LogP contribution is 2.26. The fraction of sp³-hybridized carbons (Fsp3) is 0.211. The number of rotatable bonds is 9. The van der Waals surface area contributed by atoms with Gasteiger partial charge < -0.3 is 11.1 Å². The van der Waals surface area contributed by atoms with E-state index in [4.69, 9.17) is 5.73 Å². The first-order chi connectivity index (χ1) is 14.4. The average molecular weight is 445 g/mol. The van der Waals surface area contributed by atoms with Gasteiger partial charge in [-0.25, -0.2) is 4.79 Å². The van der Waals surface area contributed by atoms with Crippen LogP contribution in [0.15, 0.2) is 56.9 Å². The van der Waals surface area contributed by atoms with Crippen molar-refractivity contribution in [3.63, 3.8) is 0 Å². The lowest BCUT2D eigenvalue weighted by Gasteiger charge is -2.14. The van der Waals surface area contributed by atoms with Crippen molar-refractivity contribution in [2.75, 3.05) is 23.3 Å². The summed E-state index contributed by atoms with van der Waals surface area (Å²) >= 11 is 2.44. The fourth-order valence-electron chi connectivity index (χ4n) is 2.66. The largest absolute Gasteiger partial charge is 0.384 e. The smallest absolute Gasteiger partial charge is 0.332 e. The van der Waals surface area contributed by atoms with Crippen LogP contribution in [0.5, 0.6) is 0 Å². The summed E-state index contributed by atoms with van der Waals surface area (Å²) in [7, 11) is 1.33. The molecule has 0 atom stereocenters. The molecule has 3 rings (SSSR count). The van der Waals surface area contributed by atoms with Crippen molar-refractivity contribution >= 4 is 39.8 Å². The topological polar surface area (TPSA) is 125 Å². The van der Waals surface area contributed by atoms with Crippen LogP contribution in [0.4, 0.5) is 10.9 Å². The third-order valence-corrected chi connectivity index (χ3v) is 6.19. The Hall–Kier alpha value is -3.18. The Bertz CT molecular complexity index is 1180. The van der Waals surface area contributed by atoms with E-state index in [9.17, 15) is 14.4 Å². The Labute approximate surface area is 180 Å². The summed E-state index contributed by atoms with van der Waals surface area (Å²) in [6.07, 6.45) is 1.70. The molecule has 3 aromatic rings. The maximum Gasteiger partial charge on any atom is 0.332 e. The van der Waals surface area contributed by atoms with Crippen molar-refractivity contribution in [1.82, 2.24) is 19.3 Å². The number of hydrogen-bond acceptors (Lipinski definition) is 9. The van der Waals surface area contributed by atoms with Gasteiger partial charge in [0, 0.05) is 13.6 Å². The van der Waals surface area contributed by atoms with Gasteiger partial charge >= 0.3 is 5.69 Å². The molecule has 0 bridgehead atoms. The van der Waals surface area contributed by atoms with E-state index in [-0.39, 0.29) is 23.7 Å². The average Bonchev–Trinajstić information content (AvgIpc) is 3.21. The van der Waals surface area contributed by atoms with E-state index in [1.54, 1.807) is 6.08 Å². The summed E-state index contributed by atoms with van der Waals surface area (Å²) in [4.78, 5) is 37.9. The minimum atomic E-state index is -0.710. The Balaban J connectivity index is 1.84. The Morgan fingerprint density at radius 1 is 1.30 bits per heavy atom. The first-order valence-electron chi connectivity index (χ1n) is 8.90. The molecule has 0 saturated carbocycles. The van der Waals surface area contributed by atoms with E-state index in [0.29, 0.717) is 16.0 Å². The molecule has 0 fully saturated rings. The van der Waals surface area contributed by atoms with Crippen molar-refractivity contribution < 1.29 is 4.79 Å². The van der Waals surface area contributed by atoms with Crippen LogP contribution in [0.3, 0.4) is 0 Å². The van der Waals surface area contributed by atoms with Gasteiger partial charge in [0.1, 0.15) is 11.4 Å². The second-order valence-corrected chi connectivity index (χ2v) is 8.43. The summed E-state index contributed by atoms with van der Waals surface area (Å²) in [5.41, 5.74) is 5.44. The number of benzene rings is 1. The number of ketones is 1. The highest BCUT2D eigenvalue weighted by Gasteiger charge is 2.22. The predicted octanol–water partition coefficient (Wildman–Crippen LogP) is 1.60. The number of Topliss-reactive ketones (excluding diaryl/α,β-unsaturated/α-hetero) is 1. The van der Waals surface area contributed by atoms with E-state index in [1.807, 2.05) is 30.3 Å². The van der Waals surface area contributed by atoms with Crippen LogP contribution in [0.2, 0.25) is 0 Å². The molecule has 0 aliphatic rings. The zero-order valence-corrected chi connectivity index (χ0v) is 17.8. The molecule has 30 heavy (non-hydrogen) atoms. The second-order valence-electron chi connectivity index (χ2n) is 6.23. The van der Waals surface area contributed by atoms with Crippen LogP contribution in [0, 0.1) is 0 Å². The van der Waals surface area contributed by atoms with E-state index in [2.05, 4.69) is 22.1 Å². The van der Waals surface area contributed by atoms with Gasteiger partial charge in [-0.15, -0.1) is 16.8 Å². The molecule has 0 amide bonds. The molecule has 2 heterocycles. The summed E-state index contributed by atoms with van der Waals surface area (Å²) < 4.78 is 2.71. The maximum atomic E-state index is 12.8. The molecule has 0 unspecified atom stereocenters. The first kappa shape index (κ1) is 21.5. The molecule has 0 aliphatic carbocycles. The van der Waals surface area contributed by atoms with E-state index >= 15 is 0 Å². The lowest BCUT2D eigenvalue weighted by atomic mass is 10.2. The molecule has 11 heteroatoms. The van der Waals surface area contributed by atoms with Gasteiger partial charge in [-0.3, -0.25) is 18.7 Å². The van der Waals surface area contributed by atoms with Gasteiger partial charge in [-0.05, 0) is 5.56 Å². The molecule has 2 aromatic heterocycles. The van der Waals surface area contributed by atoms with Gasteiger partial charge in [-0.1, -0.05) is 59.5 Å². The van der Waals surface area contributed by atoms with Crippen molar-refractivity contribution in [1.29, 1.82) is 0 Å². The van der Waals surface area contributed by atoms with Crippen molar-refractivity contribution in [2.24, 2.45) is 7.05 Å². The summed E-state index contributed by atoms with van der Waals surface area (Å²) in [6, 6.07) is 9.20. The zero-order valence-electron chi connectivity index (χ0n) is 16.2. The minimum Gasteiger partial charge on any atom is -0.384 e. The molecular formula is C19H20N6O3S2. The Kier molecular flexibility index (Phi) is 6.85. The number of thioether (sulfide) groups is 1. The maximum absolute atomic E-state index is 12.8. The summed E-state index contributed by atoms with van der Waals surface area (Å²) in [5, 5.41) is 11.6. The number of nitrogens with one attached hydrogen (secondary N) is 1. The summed E-state index contributed by atoms with van der Waals surface area (Å²) in [6.45, 7) is 4.32. The molecule has 1 aromatic carbocycles. The number of carbonyl (C=O) groups is 1. The predicted molar refractivity (Wildman–Crippen MR) is 120 cm³/mol. The van der Waals surface area contributed by atoms with Crippen LogP contribution >= 0.6 is 23.1 Å². The Morgan fingerprint density at radius 2 is 2.03 bits per heavy atom. The molecule has 0 aliphatic heterocycles. The molecule has 156 valence electrons. The lowest BCUT2D eigenvalue weighted by molar-refractivity contribution is 0.102.